The number of carbonyl (C=O) groups is 1. The quantitative estimate of drug-likeness (QED) is 0.832. The molecule has 23 heavy (non-hydrogen) atoms. The number of anilines is 1. The first-order valence-corrected chi connectivity index (χ1v) is 6.71. The van der Waals surface area contributed by atoms with Gasteiger partial charge in [0.1, 0.15) is 12.4 Å². The number of nitrogens with one attached hydrogen (secondary N) is 2. The van der Waals surface area contributed by atoms with Crippen molar-refractivity contribution in [3.63, 3.8) is 0 Å². The third kappa shape index (κ3) is 4.97. The lowest BCUT2D eigenvalue weighted by atomic mass is 10.2. The Hall–Kier alpha value is -3.14. The molecule has 0 aromatic heterocycles. The molecule has 0 aliphatic heterocycles. The first-order valence-electron chi connectivity index (χ1n) is 6.71. The summed E-state index contributed by atoms with van der Waals surface area (Å²) in [6.45, 7) is 0.169. The zero-order valence-electron chi connectivity index (χ0n) is 12.0. The number of hydrogen-bond donors (Lipinski definition) is 2. The maximum Gasteiger partial charge on any atom is 0.319 e. The van der Waals surface area contributed by atoms with Crippen LogP contribution in [0.5, 0.6) is 5.75 Å². The zero-order chi connectivity index (χ0) is 16.7. The molecule has 0 saturated carbocycles. The van der Waals surface area contributed by atoms with Crippen LogP contribution in [0.1, 0.15) is 5.56 Å². The van der Waals surface area contributed by atoms with Crippen LogP contribution in [0.3, 0.4) is 0 Å². The fourth-order valence-electron chi connectivity index (χ4n) is 1.72. The smallest absolute Gasteiger partial charge is 0.319 e. The second-order valence-electron chi connectivity index (χ2n) is 4.49. The van der Waals surface area contributed by atoms with Crippen LogP contribution in [0.4, 0.5) is 19.3 Å². The number of benzene rings is 2. The van der Waals surface area contributed by atoms with Crippen molar-refractivity contribution >= 4 is 11.7 Å². The monoisotopic (exact) mass is 317 g/mol. The minimum atomic E-state index is -0.799. The van der Waals surface area contributed by atoms with Crippen molar-refractivity contribution in [3.05, 3.63) is 59.7 Å². The van der Waals surface area contributed by atoms with Gasteiger partial charge >= 0.3 is 6.03 Å². The Morgan fingerprint density at radius 1 is 1.17 bits per heavy atom. The van der Waals surface area contributed by atoms with Crippen molar-refractivity contribution < 1.29 is 18.3 Å². The van der Waals surface area contributed by atoms with Gasteiger partial charge in [0.05, 0.1) is 18.2 Å². The second kappa shape index (κ2) is 7.75. The Morgan fingerprint density at radius 2 is 1.91 bits per heavy atom. The lowest BCUT2D eigenvalue weighted by molar-refractivity contribution is 0.246. The first kappa shape index (κ1) is 16.2. The zero-order valence-corrected chi connectivity index (χ0v) is 12.0. The summed E-state index contributed by atoms with van der Waals surface area (Å²) in [6.07, 6.45) is 0. The maximum atomic E-state index is 13.3. The van der Waals surface area contributed by atoms with Gasteiger partial charge in [-0.3, -0.25) is 0 Å². The molecular weight excluding hydrogens is 304 g/mol. The van der Waals surface area contributed by atoms with Gasteiger partial charge in [0.15, 0.2) is 11.6 Å². The van der Waals surface area contributed by atoms with E-state index in [-0.39, 0.29) is 18.9 Å². The highest BCUT2D eigenvalue weighted by atomic mass is 19.1. The van der Waals surface area contributed by atoms with Crippen LogP contribution in [0.25, 0.3) is 0 Å². The largest absolute Gasteiger partial charge is 0.489 e. The predicted octanol–water partition coefficient (Wildman–Crippen LogP) is 3.04. The molecular formula is C16H13F2N3O2. The molecule has 2 amide bonds. The number of nitriles is 1. The number of hydrogen-bond acceptors (Lipinski definition) is 3. The highest BCUT2D eigenvalue weighted by molar-refractivity contribution is 5.89. The molecule has 0 radical (unpaired) electrons. The highest BCUT2D eigenvalue weighted by Gasteiger charge is 2.05. The van der Waals surface area contributed by atoms with Crippen molar-refractivity contribution in [3.8, 4) is 11.8 Å². The molecule has 2 N–H and O–H groups in total. The summed E-state index contributed by atoms with van der Waals surface area (Å²) in [4.78, 5) is 11.6. The number of rotatable bonds is 5. The van der Waals surface area contributed by atoms with Gasteiger partial charge < -0.3 is 15.4 Å². The van der Waals surface area contributed by atoms with Gasteiger partial charge in [0, 0.05) is 11.8 Å². The normalized spacial score (nSPS) is 9.78. The number of amides is 2. The van der Waals surface area contributed by atoms with Crippen molar-refractivity contribution in [2.75, 3.05) is 18.5 Å². The van der Waals surface area contributed by atoms with Gasteiger partial charge in [0.2, 0.25) is 0 Å². The maximum absolute atomic E-state index is 13.3. The van der Waals surface area contributed by atoms with Gasteiger partial charge in [-0.1, -0.05) is 0 Å². The first-order chi connectivity index (χ1) is 11.1. The van der Waals surface area contributed by atoms with E-state index in [4.69, 9.17) is 10.00 Å². The number of urea groups is 1. The van der Waals surface area contributed by atoms with Gasteiger partial charge in [-0.15, -0.1) is 0 Å². The van der Waals surface area contributed by atoms with E-state index >= 15 is 0 Å². The fraction of sp³-hybridized carbons (Fsp3) is 0.125. The molecule has 0 unspecified atom stereocenters. The standard InChI is InChI=1S/C16H13F2N3O2/c17-12-3-6-15(14(18)9-12)23-8-7-20-16(22)21-13-4-1-11(10-19)2-5-13/h1-6,9H,7-8H2,(H2,20,21,22). The van der Waals surface area contributed by atoms with Crippen LogP contribution in [0.15, 0.2) is 42.5 Å². The van der Waals surface area contributed by atoms with Crippen LogP contribution in [0.2, 0.25) is 0 Å². The molecule has 0 atom stereocenters. The Kier molecular flexibility index (Phi) is 5.47. The molecule has 2 aromatic rings. The van der Waals surface area contributed by atoms with Crippen molar-refractivity contribution in [1.29, 1.82) is 5.26 Å². The third-order valence-corrected chi connectivity index (χ3v) is 2.81. The predicted molar refractivity (Wildman–Crippen MR) is 80.0 cm³/mol. The van der Waals surface area contributed by atoms with Crippen molar-refractivity contribution in [1.82, 2.24) is 5.32 Å². The SMILES string of the molecule is N#Cc1ccc(NC(=O)NCCOc2ccc(F)cc2F)cc1. The van der Waals surface area contributed by atoms with Crippen LogP contribution in [0, 0.1) is 23.0 Å². The molecule has 0 aliphatic carbocycles. The number of nitrogens with zero attached hydrogens (tertiary/aromatic N) is 1. The Morgan fingerprint density at radius 3 is 2.57 bits per heavy atom. The molecule has 0 spiro atoms. The molecule has 2 aromatic carbocycles. The molecule has 0 heterocycles. The summed E-state index contributed by atoms with van der Waals surface area (Å²) in [5.74, 6) is -1.57. The topological polar surface area (TPSA) is 74.2 Å². The summed E-state index contributed by atoms with van der Waals surface area (Å²) in [5, 5.41) is 13.8. The van der Waals surface area contributed by atoms with Gasteiger partial charge in [-0.05, 0) is 36.4 Å². The van der Waals surface area contributed by atoms with Gasteiger partial charge in [-0.25, -0.2) is 13.6 Å². The van der Waals surface area contributed by atoms with E-state index in [2.05, 4.69) is 10.6 Å². The van der Waals surface area contributed by atoms with Gasteiger partial charge in [0.25, 0.3) is 0 Å². The lowest BCUT2D eigenvalue weighted by Crippen LogP contribution is -2.32. The van der Waals surface area contributed by atoms with Crippen LogP contribution in [-0.2, 0) is 0 Å². The lowest BCUT2D eigenvalue weighted by Gasteiger charge is -2.09. The molecule has 5 nitrogen and oxygen atoms in total. The average molecular weight is 317 g/mol. The fourth-order valence-corrected chi connectivity index (χ4v) is 1.72. The van der Waals surface area contributed by atoms with E-state index in [1.54, 1.807) is 24.3 Å². The summed E-state index contributed by atoms with van der Waals surface area (Å²) in [6, 6.07) is 10.9. The van der Waals surface area contributed by atoms with Crippen LogP contribution >= 0.6 is 0 Å². The molecule has 2 rings (SSSR count). The molecule has 7 heteroatoms. The minimum Gasteiger partial charge on any atom is -0.489 e. The highest BCUT2D eigenvalue weighted by Crippen LogP contribution is 2.17. The number of halogens is 2. The van der Waals surface area contributed by atoms with E-state index in [0.29, 0.717) is 11.3 Å². The third-order valence-electron chi connectivity index (χ3n) is 2.81. The summed E-state index contributed by atoms with van der Waals surface area (Å²) < 4.78 is 31.1. The van der Waals surface area contributed by atoms with E-state index in [1.807, 2.05) is 6.07 Å². The second-order valence-corrected chi connectivity index (χ2v) is 4.49. The van der Waals surface area contributed by atoms with Crippen molar-refractivity contribution in [2.24, 2.45) is 0 Å². The average Bonchev–Trinajstić information content (AvgIpc) is 2.54. The Balaban J connectivity index is 1.73. The summed E-state index contributed by atoms with van der Waals surface area (Å²) in [5.41, 5.74) is 1.03. The Bertz CT molecular complexity index is 727. The van der Waals surface area contributed by atoms with E-state index in [9.17, 15) is 13.6 Å². The van der Waals surface area contributed by atoms with E-state index in [1.165, 1.54) is 6.07 Å². The molecule has 0 bridgehead atoms. The molecule has 0 aliphatic rings. The molecule has 118 valence electrons. The Labute approximate surface area is 131 Å². The van der Waals surface area contributed by atoms with Crippen LogP contribution in [-0.4, -0.2) is 19.2 Å². The number of carbonyl (C=O) groups excluding carboxylic acids is 1. The summed E-state index contributed by atoms with van der Waals surface area (Å²) in [7, 11) is 0. The van der Waals surface area contributed by atoms with E-state index < -0.39 is 17.7 Å². The minimum absolute atomic E-state index is 0.0311. The summed E-state index contributed by atoms with van der Waals surface area (Å²) >= 11 is 0. The van der Waals surface area contributed by atoms with Crippen LogP contribution < -0.4 is 15.4 Å². The molecule has 0 saturated heterocycles. The molecule has 0 fully saturated rings. The van der Waals surface area contributed by atoms with E-state index in [0.717, 1.165) is 12.1 Å². The van der Waals surface area contributed by atoms with Gasteiger partial charge in [-0.2, -0.15) is 5.26 Å². The number of ether oxygens (including phenoxy) is 1. The van der Waals surface area contributed by atoms with Crippen molar-refractivity contribution in [2.45, 2.75) is 0 Å².